The SMILES string of the molecule is COCC1=C(C)CC(C(CO)C2CCC3C4CC(O)C5(O)CC=CC(=O)C5(C)C4CCC23C)OC1=O. The van der Waals surface area contributed by atoms with E-state index in [1.54, 1.807) is 19.3 Å². The highest BCUT2D eigenvalue weighted by Gasteiger charge is 2.69. The monoisotopic (exact) mass is 502 g/mol. The lowest BCUT2D eigenvalue weighted by Gasteiger charge is -2.63. The van der Waals surface area contributed by atoms with Crippen molar-refractivity contribution in [2.24, 2.45) is 40.4 Å². The van der Waals surface area contributed by atoms with Crippen LogP contribution in [0.4, 0.5) is 0 Å². The fourth-order valence-corrected chi connectivity index (χ4v) is 9.38. The molecule has 3 fully saturated rings. The number of rotatable bonds is 5. The second-order valence-electron chi connectivity index (χ2n) is 12.6. The van der Waals surface area contributed by atoms with Gasteiger partial charge in [0.25, 0.3) is 0 Å². The Balaban J connectivity index is 1.42. The van der Waals surface area contributed by atoms with E-state index in [2.05, 4.69) is 6.92 Å². The van der Waals surface area contributed by atoms with Gasteiger partial charge in [0.2, 0.25) is 0 Å². The standard InChI is InChI=1S/C29H42O7/c1-16-12-23(36-26(33)19(16)15-35-4)18(14-30)21-8-7-20-17-13-25(32)29(34)10-5-6-24(31)28(29,3)22(17)9-11-27(20,21)2/h5-6,17-18,20-23,25,30,32,34H,7-15H2,1-4H3. The maximum atomic E-state index is 13.2. The predicted molar refractivity (Wildman–Crippen MR) is 133 cm³/mol. The number of aliphatic hydroxyl groups is 3. The van der Waals surface area contributed by atoms with Gasteiger partial charge >= 0.3 is 5.97 Å². The van der Waals surface area contributed by atoms with Gasteiger partial charge in [-0.1, -0.05) is 18.6 Å². The van der Waals surface area contributed by atoms with E-state index in [4.69, 9.17) is 9.47 Å². The Labute approximate surface area is 213 Å². The summed E-state index contributed by atoms with van der Waals surface area (Å²) in [6.07, 6.45) is 6.96. The number of esters is 1. The minimum atomic E-state index is -1.42. The van der Waals surface area contributed by atoms with Crippen molar-refractivity contribution in [1.29, 1.82) is 0 Å². The number of allylic oxidation sites excluding steroid dienone is 1. The van der Waals surface area contributed by atoms with Gasteiger partial charge in [-0.25, -0.2) is 4.79 Å². The predicted octanol–water partition coefficient (Wildman–Crippen LogP) is 2.96. The summed E-state index contributed by atoms with van der Waals surface area (Å²) in [6.45, 7) is 6.31. The summed E-state index contributed by atoms with van der Waals surface area (Å²) in [5, 5.41) is 33.3. The first-order valence-corrected chi connectivity index (χ1v) is 13.6. The van der Waals surface area contributed by atoms with Crippen LogP contribution in [0.15, 0.2) is 23.3 Å². The molecule has 10 atom stereocenters. The Kier molecular flexibility index (Phi) is 6.55. The highest BCUT2D eigenvalue weighted by Crippen LogP contribution is 2.68. The molecule has 3 N–H and O–H groups in total. The van der Waals surface area contributed by atoms with Gasteiger partial charge in [-0.15, -0.1) is 0 Å². The van der Waals surface area contributed by atoms with E-state index >= 15 is 0 Å². The Morgan fingerprint density at radius 2 is 1.94 bits per heavy atom. The van der Waals surface area contributed by atoms with Crippen molar-refractivity contribution in [1.82, 2.24) is 0 Å². The van der Waals surface area contributed by atoms with Crippen molar-refractivity contribution in [3.05, 3.63) is 23.3 Å². The number of hydrogen-bond donors (Lipinski definition) is 3. The van der Waals surface area contributed by atoms with Gasteiger partial charge in [0, 0.05) is 26.1 Å². The normalized spacial score (nSPS) is 47.2. The van der Waals surface area contributed by atoms with Crippen molar-refractivity contribution < 1.29 is 34.4 Å². The van der Waals surface area contributed by atoms with E-state index in [9.17, 15) is 24.9 Å². The topological polar surface area (TPSA) is 113 Å². The van der Waals surface area contributed by atoms with Crippen LogP contribution in [0.1, 0.15) is 65.7 Å². The maximum absolute atomic E-state index is 13.2. The fourth-order valence-electron chi connectivity index (χ4n) is 9.38. The number of carbonyl (C=O) groups is 2. The third kappa shape index (κ3) is 3.45. The van der Waals surface area contributed by atoms with Crippen LogP contribution in [-0.2, 0) is 19.1 Å². The van der Waals surface area contributed by atoms with E-state index in [1.165, 1.54) is 0 Å². The zero-order chi connectivity index (χ0) is 26.0. The summed E-state index contributed by atoms with van der Waals surface area (Å²) in [5.74, 6) is 0.0221. The van der Waals surface area contributed by atoms with Gasteiger partial charge in [-0.2, -0.15) is 0 Å². The lowest BCUT2D eigenvalue weighted by atomic mass is 9.43. The lowest BCUT2D eigenvalue weighted by molar-refractivity contribution is -0.232. The van der Waals surface area contributed by atoms with E-state index in [-0.39, 0.29) is 66.1 Å². The van der Waals surface area contributed by atoms with Crippen LogP contribution >= 0.6 is 0 Å². The van der Waals surface area contributed by atoms with E-state index in [1.807, 2.05) is 13.8 Å². The number of aliphatic hydroxyl groups excluding tert-OH is 2. The molecule has 0 amide bonds. The summed E-state index contributed by atoms with van der Waals surface area (Å²) in [7, 11) is 1.56. The number of cyclic esters (lactones) is 1. The summed E-state index contributed by atoms with van der Waals surface area (Å²) in [4.78, 5) is 26.0. The van der Waals surface area contributed by atoms with Crippen LogP contribution < -0.4 is 0 Å². The molecule has 36 heavy (non-hydrogen) atoms. The van der Waals surface area contributed by atoms with Crippen LogP contribution in [0.3, 0.4) is 0 Å². The first-order chi connectivity index (χ1) is 17.0. The molecule has 0 aromatic heterocycles. The number of ether oxygens (including phenoxy) is 2. The molecular formula is C29H42O7. The van der Waals surface area contributed by atoms with Crippen molar-refractivity contribution in [3.8, 4) is 0 Å². The van der Waals surface area contributed by atoms with Gasteiger partial charge < -0.3 is 24.8 Å². The molecule has 200 valence electrons. The molecule has 0 aromatic carbocycles. The Morgan fingerprint density at radius 1 is 1.19 bits per heavy atom. The van der Waals surface area contributed by atoms with Crippen LogP contribution in [-0.4, -0.2) is 65.2 Å². The molecule has 0 aromatic rings. The molecule has 0 spiro atoms. The van der Waals surface area contributed by atoms with Crippen LogP contribution in [0.25, 0.3) is 0 Å². The van der Waals surface area contributed by atoms with Crippen molar-refractivity contribution in [2.75, 3.05) is 20.3 Å². The Hall–Kier alpha value is -1.54. The Bertz CT molecular complexity index is 986. The first-order valence-electron chi connectivity index (χ1n) is 13.6. The molecule has 10 unspecified atom stereocenters. The quantitative estimate of drug-likeness (QED) is 0.496. The second-order valence-corrected chi connectivity index (χ2v) is 12.6. The minimum absolute atomic E-state index is 0.0158. The molecule has 4 aliphatic carbocycles. The van der Waals surface area contributed by atoms with E-state index < -0.39 is 17.1 Å². The summed E-state index contributed by atoms with van der Waals surface area (Å²) in [5.41, 5.74) is -0.960. The third-order valence-electron chi connectivity index (χ3n) is 11.4. The highest BCUT2D eigenvalue weighted by atomic mass is 16.5. The van der Waals surface area contributed by atoms with Gasteiger partial charge in [-0.05, 0) is 87.5 Å². The lowest BCUT2D eigenvalue weighted by Crippen LogP contribution is -2.69. The average molecular weight is 503 g/mol. The number of ketones is 1. The Morgan fingerprint density at radius 3 is 2.61 bits per heavy atom. The number of carbonyl (C=O) groups excluding carboxylic acids is 2. The fraction of sp³-hybridized carbons (Fsp3) is 0.793. The van der Waals surface area contributed by atoms with Gasteiger partial charge in [0.1, 0.15) is 11.7 Å². The maximum Gasteiger partial charge on any atom is 0.336 e. The molecule has 0 radical (unpaired) electrons. The molecule has 5 rings (SSSR count). The molecule has 7 nitrogen and oxygen atoms in total. The average Bonchev–Trinajstić information content (AvgIpc) is 3.17. The summed E-state index contributed by atoms with van der Waals surface area (Å²) in [6, 6.07) is 0. The molecule has 7 heteroatoms. The molecule has 5 aliphatic rings. The largest absolute Gasteiger partial charge is 0.458 e. The van der Waals surface area contributed by atoms with Gasteiger partial charge in [0.05, 0.1) is 23.7 Å². The minimum Gasteiger partial charge on any atom is -0.458 e. The smallest absolute Gasteiger partial charge is 0.336 e. The molecule has 0 bridgehead atoms. The number of hydrogen-bond acceptors (Lipinski definition) is 7. The number of methoxy groups -OCH3 is 1. The van der Waals surface area contributed by atoms with Crippen molar-refractivity contribution in [2.45, 2.75) is 83.5 Å². The van der Waals surface area contributed by atoms with Gasteiger partial charge in [0.15, 0.2) is 5.78 Å². The zero-order valence-electron chi connectivity index (χ0n) is 22.0. The molecule has 1 aliphatic heterocycles. The van der Waals surface area contributed by atoms with Crippen molar-refractivity contribution >= 4 is 11.8 Å². The zero-order valence-corrected chi connectivity index (χ0v) is 22.0. The van der Waals surface area contributed by atoms with Crippen molar-refractivity contribution in [3.63, 3.8) is 0 Å². The van der Waals surface area contributed by atoms with E-state index in [0.29, 0.717) is 24.8 Å². The van der Waals surface area contributed by atoms with Gasteiger partial charge in [-0.3, -0.25) is 4.79 Å². The van der Waals surface area contributed by atoms with Crippen LogP contribution in [0.5, 0.6) is 0 Å². The second kappa shape index (κ2) is 9.04. The highest BCUT2D eigenvalue weighted by molar-refractivity contribution is 5.97. The van der Waals surface area contributed by atoms with E-state index in [0.717, 1.165) is 31.3 Å². The third-order valence-corrected chi connectivity index (χ3v) is 11.4. The summed E-state index contributed by atoms with van der Waals surface area (Å²) >= 11 is 0. The number of fused-ring (bicyclic) bond motifs is 5. The van der Waals surface area contributed by atoms with Crippen LogP contribution in [0.2, 0.25) is 0 Å². The summed E-state index contributed by atoms with van der Waals surface area (Å²) < 4.78 is 11.1. The molecular weight excluding hydrogens is 460 g/mol. The first kappa shape index (κ1) is 26.1. The molecule has 1 heterocycles. The molecule has 0 saturated heterocycles. The van der Waals surface area contributed by atoms with Crippen LogP contribution in [0, 0.1) is 40.4 Å². The molecule has 3 saturated carbocycles.